The van der Waals surface area contributed by atoms with Crippen LogP contribution in [0.1, 0.15) is 181 Å². The van der Waals surface area contributed by atoms with Crippen LogP contribution in [0.5, 0.6) is 0 Å². The molecule has 436 valence electrons. The van der Waals surface area contributed by atoms with Crippen LogP contribution in [0.2, 0.25) is 0 Å². The zero-order chi connectivity index (χ0) is 57.0. The molecule has 0 aliphatic carbocycles. The molecule has 0 aliphatic heterocycles. The first-order valence-corrected chi connectivity index (χ1v) is 31.0. The third kappa shape index (κ3) is 60.3. The second-order valence-electron chi connectivity index (χ2n) is 19.9. The Morgan fingerprint density at radius 3 is 1.05 bits per heavy atom. The molecule has 0 fully saturated rings. The smallest absolute Gasteiger partial charge is 0.462 e. The zero-order valence-electron chi connectivity index (χ0n) is 49.3. The van der Waals surface area contributed by atoms with E-state index in [1.165, 1.54) is 0 Å². The highest BCUT2D eigenvalue weighted by molar-refractivity contribution is 7.47. The van der Waals surface area contributed by atoms with E-state index in [0.717, 1.165) is 141 Å². The molecule has 0 spiro atoms. The molecule has 2 atom stereocenters. The molecule has 0 rings (SSSR count). The van der Waals surface area contributed by atoms with Gasteiger partial charge in [0, 0.05) is 12.8 Å². The molecule has 0 aromatic rings. The molecule has 0 saturated heterocycles. The topological polar surface area (TPSA) is 108 Å². The third-order valence-corrected chi connectivity index (χ3v) is 12.4. The number of esters is 2. The van der Waals surface area contributed by atoms with Gasteiger partial charge in [-0.25, -0.2) is 4.57 Å². The van der Waals surface area contributed by atoms with Crippen molar-refractivity contribution >= 4 is 19.8 Å². The van der Waals surface area contributed by atoms with Crippen molar-refractivity contribution in [1.29, 1.82) is 0 Å². The number of allylic oxidation sites excluding steroid dienone is 30. The molecule has 0 radical (unpaired) electrons. The molecular weight excluding hydrogens is 990 g/mol. The summed E-state index contributed by atoms with van der Waals surface area (Å²) in [6.45, 7) is 4.09. The minimum absolute atomic E-state index is 0.00859. The summed E-state index contributed by atoms with van der Waals surface area (Å²) in [4.78, 5) is 35.7. The Balaban J connectivity index is 4.34. The largest absolute Gasteiger partial charge is 0.472 e. The van der Waals surface area contributed by atoms with Crippen LogP contribution in [0, 0.1) is 0 Å². The van der Waals surface area contributed by atoms with Gasteiger partial charge in [0.1, 0.15) is 19.8 Å². The quantitative estimate of drug-likeness (QED) is 0.0211. The molecule has 0 saturated carbocycles. The second-order valence-corrected chi connectivity index (χ2v) is 21.4. The number of carbonyl (C=O) groups excluding carboxylic acids is 2. The first-order chi connectivity index (χ1) is 38.0. The predicted molar refractivity (Wildman–Crippen MR) is 334 cm³/mol. The number of hydrogen-bond acceptors (Lipinski definition) is 7. The molecule has 0 heterocycles. The Bertz CT molecular complexity index is 1970. The van der Waals surface area contributed by atoms with Gasteiger partial charge >= 0.3 is 19.8 Å². The fourth-order valence-corrected chi connectivity index (χ4v) is 7.69. The minimum Gasteiger partial charge on any atom is -0.462 e. The van der Waals surface area contributed by atoms with Gasteiger partial charge in [-0.2, -0.15) is 0 Å². The Kier molecular flexibility index (Phi) is 53.3. The van der Waals surface area contributed by atoms with Crippen LogP contribution in [-0.2, 0) is 32.7 Å². The van der Waals surface area contributed by atoms with Gasteiger partial charge in [0.25, 0.3) is 0 Å². The van der Waals surface area contributed by atoms with Crippen molar-refractivity contribution in [2.45, 2.75) is 187 Å². The van der Waals surface area contributed by atoms with Gasteiger partial charge < -0.3 is 18.9 Å². The Morgan fingerprint density at radius 2 is 0.692 bits per heavy atom. The van der Waals surface area contributed by atoms with Crippen LogP contribution in [0.3, 0.4) is 0 Å². The van der Waals surface area contributed by atoms with Crippen molar-refractivity contribution in [1.82, 2.24) is 0 Å². The number of nitrogens with zero attached hydrogens (tertiary/aromatic N) is 1. The highest BCUT2D eigenvalue weighted by Gasteiger charge is 2.27. The number of carbonyl (C=O) groups is 2. The maximum Gasteiger partial charge on any atom is 0.472 e. The maximum atomic E-state index is 12.8. The summed E-state index contributed by atoms with van der Waals surface area (Å²) in [6, 6.07) is 0. The minimum atomic E-state index is -4.42. The lowest BCUT2D eigenvalue weighted by atomic mass is 10.1. The Morgan fingerprint density at radius 1 is 0.397 bits per heavy atom. The predicted octanol–water partition coefficient (Wildman–Crippen LogP) is 18.8. The summed E-state index contributed by atoms with van der Waals surface area (Å²) in [5.74, 6) is -0.890. The molecule has 0 amide bonds. The van der Waals surface area contributed by atoms with Gasteiger partial charge in [-0.3, -0.25) is 18.6 Å². The number of unbranched alkanes of at least 4 members (excludes halogenated alkanes) is 7. The van der Waals surface area contributed by atoms with Crippen LogP contribution in [-0.4, -0.2) is 74.9 Å². The maximum absolute atomic E-state index is 12.8. The van der Waals surface area contributed by atoms with E-state index in [1.807, 2.05) is 21.1 Å². The molecule has 78 heavy (non-hydrogen) atoms. The van der Waals surface area contributed by atoms with E-state index in [-0.39, 0.29) is 26.1 Å². The van der Waals surface area contributed by atoms with Crippen LogP contribution in [0.25, 0.3) is 0 Å². The van der Waals surface area contributed by atoms with Gasteiger partial charge in [-0.15, -0.1) is 0 Å². The molecule has 1 N–H and O–H groups in total. The summed E-state index contributed by atoms with van der Waals surface area (Å²) in [6.07, 6.45) is 88.2. The van der Waals surface area contributed by atoms with E-state index >= 15 is 0 Å². The highest BCUT2D eigenvalue weighted by atomic mass is 31.2. The molecule has 0 aliphatic rings. The van der Waals surface area contributed by atoms with Gasteiger partial charge in [-0.05, 0) is 135 Å². The van der Waals surface area contributed by atoms with E-state index in [2.05, 4.69) is 196 Å². The number of phosphoric ester groups is 1. The molecular formula is C68H107NO8P+. The average Bonchev–Trinajstić information content (AvgIpc) is 3.41. The average molecular weight is 1100 g/mol. The first kappa shape index (κ1) is 73.1. The van der Waals surface area contributed by atoms with Crippen molar-refractivity contribution in [3.05, 3.63) is 182 Å². The van der Waals surface area contributed by atoms with Crippen molar-refractivity contribution in [2.24, 2.45) is 0 Å². The monoisotopic (exact) mass is 1100 g/mol. The number of ether oxygens (including phenoxy) is 2. The molecule has 9 nitrogen and oxygen atoms in total. The Hall–Kier alpha value is -4.89. The summed E-state index contributed by atoms with van der Waals surface area (Å²) in [5.41, 5.74) is 0. The van der Waals surface area contributed by atoms with E-state index in [0.29, 0.717) is 23.9 Å². The van der Waals surface area contributed by atoms with E-state index in [4.69, 9.17) is 18.5 Å². The van der Waals surface area contributed by atoms with Crippen LogP contribution < -0.4 is 0 Å². The number of hydrogen-bond donors (Lipinski definition) is 1. The second kappa shape index (κ2) is 56.8. The van der Waals surface area contributed by atoms with Gasteiger partial charge in [-0.1, -0.05) is 215 Å². The van der Waals surface area contributed by atoms with E-state index in [1.54, 1.807) is 0 Å². The van der Waals surface area contributed by atoms with E-state index < -0.39 is 32.5 Å². The summed E-state index contributed by atoms with van der Waals surface area (Å²) in [7, 11) is 1.40. The van der Waals surface area contributed by atoms with Crippen LogP contribution in [0.4, 0.5) is 0 Å². The normalized spacial score (nSPS) is 14.6. The lowest BCUT2D eigenvalue weighted by molar-refractivity contribution is -0.870. The molecule has 0 bridgehead atoms. The SMILES string of the molecule is CC/C=C\C/C=C\C/C=C\C/C=C\C/C=C\C/C=C\C/C=C\C/C=C\C/C=C\CCCCCCCC(=O)OC(COC(=O)CCCC/C=C\C/C=C\C/C=C\C/C=C\C/C=C\C/C=C\CC)COP(=O)(O)OCC[N+](C)(C)C. The summed E-state index contributed by atoms with van der Waals surface area (Å²) < 4.78 is 34.5. The van der Waals surface area contributed by atoms with Gasteiger partial charge in [0.15, 0.2) is 6.10 Å². The van der Waals surface area contributed by atoms with Crippen molar-refractivity contribution < 1.29 is 42.1 Å². The van der Waals surface area contributed by atoms with Gasteiger partial charge in [0.2, 0.25) is 0 Å². The Labute approximate surface area is 476 Å². The van der Waals surface area contributed by atoms with Crippen LogP contribution >= 0.6 is 7.82 Å². The lowest BCUT2D eigenvalue weighted by Crippen LogP contribution is -2.37. The van der Waals surface area contributed by atoms with Crippen molar-refractivity contribution in [2.75, 3.05) is 47.5 Å². The van der Waals surface area contributed by atoms with E-state index in [9.17, 15) is 19.0 Å². The number of quaternary nitrogens is 1. The molecule has 10 heteroatoms. The number of rotatable bonds is 51. The summed E-state index contributed by atoms with van der Waals surface area (Å²) >= 11 is 0. The van der Waals surface area contributed by atoms with Crippen molar-refractivity contribution in [3.63, 3.8) is 0 Å². The fraction of sp³-hybridized carbons (Fsp3) is 0.529. The van der Waals surface area contributed by atoms with Crippen LogP contribution in [0.15, 0.2) is 182 Å². The molecule has 2 unspecified atom stereocenters. The van der Waals surface area contributed by atoms with Crippen molar-refractivity contribution in [3.8, 4) is 0 Å². The lowest BCUT2D eigenvalue weighted by Gasteiger charge is -2.24. The first-order valence-electron chi connectivity index (χ1n) is 29.5. The molecule has 0 aromatic heterocycles. The van der Waals surface area contributed by atoms with Gasteiger partial charge in [0.05, 0.1) is 27.7 Å². The number of phosphoric acid groups is 1. The highest BCUT2D eigenvalue weighted by Crippen LogP contribution is 2.43. The zero-order valence-corrected chi connectivity index (χ0v) is 50.2. The standard InChI is InChI=1S/C68H106NO8P/c1-6-8-10-12-14-16-18-20-22-24-26-28-29-30-31-32-33-34-35-36-37-38-39-41-43-45-47-49-51-53-55-57-59-61-68(71)77-66(65-76-78(72,73)75-63-62-69(3,4)5)64-74-67(70)60-58-56-54-52-50-48-46-44-42-40-27-25-23-21-19-17-15-13-11-9-7-2/h8-11,14-17,20-23,26-28,30-31,33-34,36-37,39-41,44-47,50,52,66H,6-7,12-13,18-19,24-25,29,32,35,38,42-43,48-49,51,53-65H2,1-5H3/p+1/b10-8-,11-9-,16-14-,17-15-,22-20-,23-21-,28-26-,31-30-,34-33-,37-36-,40-27-,41-39-,46-44-,47-45-,52-50-. The molecule has 0 aromatic carbocycles. The third-order valence-electron chi connectivity index (χ3n) is 11.4. The fourth-order valence-electron chi connectivity index (χ4n) is 6.95. The number of likely N-dealkylation sites (N-methyl/N-ethyl adjacent to an activating group) is 1. The summed E-state index contributed by atoms with van der Waals surface area (Å²) in [5, 5.41) is 0.